The Hall–Kier alpha value is -2.86. The number of hydrogen-bond donors (Lipinski definition) is 2. The lowest BCUT2D eigenvalue weighted by Gasteiger charge is -2.07. The monoisotopic (exact) mass is 424 g/mol. The number of carbonyl (C=O) groups is 2. The van der Waals surface area contributed by atoms with E-state index in [0.717, 1.165) is 45.5 Å². The zero-order valence-electron chi connectivity index (χ0n) is 14.9. The zero-order valence-corrected chi connectivity index (χ0v) is 16.4. The summed E-state index contributed by atoms with van der Waals surface area (Å²) in [5, 5.41) is 3.28. The number of methoxy groups -OCH3 is 1. The SMILES string of the molecule is CCc1ccc2[nH]c(-c3ccc(OC)cc3)c(C3=C(Br)C(=O)NC3=O)c2c1. The van der Waals surface area contributed by atoms with Gasteiger partial charge in [0.05, 0.1) is 22.9 Å². The minimum atomic E-state index is -0.420. The van der Waals surface area contributed by atoms with Gasteiger partial charge >= 0.3 is 0 Å². The normalized spacial score (nSPS) is 14.2. The second-order valence-corrected chi connectivity index (χ2v) is 7.10. The number of nitrogens with one attached hydrogen (secondary N) is 2. The number of aryl methyl sites for hydroxylation is 1. The summed E-state index contributed by atoms with van der Waals surface area (Å²) in [5.41, 5.74) is 4.84. The van der Waals surface area contributed by atoms with Gasteiger partial charge in [0.1, 0.15) is 5.75 Å². The van der Waals surface area contributed by atoms with Crippen molar-refractivity contribution < 1.29 is 14.3 Å². The molecule has 5 nitrogen and oxygen atoms in total. The van der Waals surface area contributed by atoms with Crippen LogP contribution in [0.2, 0.25) is 0 Å². The maximum absolute atomic E-state index is 12.5. The first-order valence-corrected chi connectivity index (χ1v) is 9.37. The highest BCUT2D eigenvalue weighted by Crippen LogP contribution is 2.40. The first kappa shape index (κ1) is 17.5. The molecule has 0 unspecified atom stereocenters. The largest absolute Gasteiger partial charge is 0.497 e. The zero-order chi connectivity index (χ0) is 19.1. The first-order chi connectivity index (χ1) is 13.0. The summed E-state index contributed by atoms with van der Waals surface area (Å²) in [7, 11) is 1.62. The molecule has 0 atom stereocenters. The number of H-pyrrole nitrogens is 1. The van der Waals surface area contributed by atoms with Crippen LogP contribution in [-0.2, 0) is 16.0 Å². The molecule has 0 aliphatic carbocycles. The van der Waals surface area contributed by atoms with Crippen molar-refractivity contribution in [2.45, 2.75) is 13.3 Å². The summed E-state index contributed by atoms with van der Waals surface area (Å²) < 4.78 is 5.49. The number of fused-ring (bicyclic) bond motifs is 1. The molecule has 1 aromatic heterocycles. The molecular formula is C21H17BrN2O3. The van der Waals surface area contributed by atoms with E-state index in [0.29, 0.717) is 5.57 Å². The highest BCUT2D eigenvalue weighted by atomic mass is 79.9. The minimum absolute atomic E-state index is 0.255. The van der Waals surface area contributed by atoms with E-state index in [1.54, 1.807) is 7.11 Å². The van der Waals surface area contributed by atoms with Crippen LogP contribution in [0.4, 0.5) is 0 Å². The van der Waals surface area contributed by atoms with E-state index in [1.807, 2.05) is 30.3 Å². The predicted octanol–water partition coefficient (Wildman–Crippen LogP) is 4.17. The van der Waals surface area contributed by atoms with Crippen molar-refractivity contribution in [2.75, 3.05) is 7.11 Å². The number of amides is 2. The van der Waals surface area contributed by atoms with Crippen LogP contribution in [0.1, 0.15) is 18.1 Å². The van der Waals surface area contributed by atoms with E-state index in [-0.39, 0.29) is 4.48 Å². The summed E-state index contributed by atoms with van der Waals surface area (Å²) >= 11 is 3.30. The van der Waals surface area contributed by atoms with Gasteiger partial charge in [-0.1, -0.05) is 13.0 Å². The molecular weight excluding hydrogens is 408 g/mol. The van der Waals surface area contributed by atoms with Gasteiger partial charge in [-0.3, -0.25) is 14.9 Å². The number of benzene rings is 2. The summed E-state index contributed by atoms with van der Waals surface area (Å²) in [6.45, 7) is 2.08. The smallest absolute Gasteiger partial charge is 0.265 e. The molecule has 1 aliphatic rings. The topological polar surface area (TPSA) is 71.2 Å². The predicted molar refractivity (Wildman–Crippen MR) is 109 cm³/mol. The molecule has 0 saturated heterocycles. The quantitative estimate of drug-likeness (QED) is 0.617. The highest BCUT2D eigenvalue weighted by molar-refractivity contribution is 9.12. The molecule has 6 heteroatoms. The Morgan fingerprint density at radius 2 is 1.78 bits per heavy atom. The fourth-order valence-corrected chi connectivity index (χ4v) is 3.83. The van der Waals surface area contributed by atoms with Crippen LogP contribution in [0.3, 0.4) is 0 Å². The number of imide groups is 1. The molecule has 0 spiro atoms. The van der Waals surface area contributed by atoms with E-state index in [2.05, 4.69) is 45.3 Å². The van der Waals surface area contributed by atoms with Crippen molar-refractivity contribution in [3.8, 4) is 17.0 Å². The van der Waals surface area contributed by atoms with Crippen molar-refractivity contribution >= 4 is 44.2 Å². The van der Waals surface area contributed by atoms with E-state index < -0.39 is 11.8 Å². The molecule has 2 N–H and O–H groups in total. The van der Waals surface area contributed by atoms with Crippen LogP contribution in [0.25, 0.3) is 27.7 Å². The van der Waals surface area contributed by atoms with Crippen molar-refractivity contribution in [3.63, 3.8) is 0 Å². The van der Waals surface area contributed by atoms with Gasteiger partial charge in [0.25, 0.3) is 11.8 Å². The number of rotatable bonds is 4. The number of aromatic nitrogens is 1. The Morgan fingerprint density at radius 3 is 2.37 bits per heavy atom. The van der Waals surface area contributed by atoms with Crippen LogP contribution in [-0.4, -0.2) is 23.9 Å². The highest BCUT2D eigenvalue weighted by Gasteiger charge is 2.33. The van der Waals surface area contributed by atoms with Gasteiger partial charge in [-0.25, -0.2) is 0 Å². The molecule has 0 fully saturated rings. The molecule has 2 aromatic carbocycles. The Morgan fingerprint density at radius 1 is 1.04 bits per heavy atom. The fourth-order valence-electron chi connectivity index (χ4n) is 3.35. The van der Waals surface area contributed by atoms with Crippen LogP contribution in [0, 0.1) is 0 Å². The molecule has 136 valence electrons. The third-order valence-electron chi connectivity index (χ3n) is 4.77. The second kappa shape index (κ2) is 6.70. The molecule has 1 aliphatic heterocycles. The standard InChI is InChI=1S/C21H17BrN2O3/c1-3-11-4-9-15-14(10-11)16(17-18(22)21(26)24-20(17)25)19(23-15)12-5-7-13(27-2)8-6-12/h4-10,23H,3H2,1-2H3,(H,24,25,26). The lowest BCUT2D eigenvalue weighted by molar-refractivity contribution is -0.123. The minimum Gasteiger partial charge on any atom is -0.497 e. The van der Waals surface area contributed by atoms with E-state index in [4.69, 9.17) is 4.74 Å². The lowest BCUT2D eigenvalue weighted by Crippen LogP contribution is -2.22. The first-order valence-electron chi connectivity index (χ1n) is 8.58. The maximum atomic E-state index is 12.5. The van der Waals surface area contributed by atoms with Gasteiger partial charge in [0, 0.05) is 16.5 Å². The number of aromatic amines is 1. The van der Waals surface area contributed by atoms with E-state index >= 15 is 0 Å². The molecule has 4 rings (SSSR count). The van der Waals surface area contributed by atoms with Gasteiger partial charge < -0.3 is 9.72 Å². The Bertz CT molecular complexity index is 1110. The van der Waals surface area contributed by atoms with Crippen LogP contribution >= 0.6 is 15.9 Å². The van der Waals surface area contributed by atoms with Crippen LogP contribution < -0.4 is 10.1 Å². The molecule has 0 saturated carbocycles. The van der Waals surface area contributed by atoms with Crippen LogP contribution in [0.15, 0.2) is 46.9 Å². The Kier molecular flexibility index (Phi) is 4.36. The molecule has 3 aromatic rings. The summed E-state index contributed by atoms with van der Waals surface area (Å²) in [4.78, 5) is 28.0. The van der Waals surface area contributed by atoms with Gasteiger partial charge in [0.2, 0.25) is 0 Å². The van der Waals surface area contributed by atoms with Gasteiger partial charge in [-0.15, -0.1) is 0 Å². The van der Waals surface area contributed by atoms with E-state index in [1.165, 1.54) is 0 Å². The maximum Gasteiger partial charge on any atom is 0.265 e. The summed E-state index contributed by atoms with van der Waals surface area (Å²) in [6.07, 6.45) is 0.879. The molecule has 0 bridgehead atoms. The number of halogens is 1. The molecule has 2 amide bonds. The Balaban J connectivity index is 2.03. The Labute approximate surface area is 164 Å². The van der Waals surface area contributed by atoms with E-state index in [9.17, 15) is 9.59 Å². The number of carbonyl (C=O) groups excluding carboxylic acids is 2. The van der Waals surface area contributed by atoms with Gasteiger partial charge in [0.15, 0.2) is 0 Å². The average molecular weight is 425 g/mol. The third-order valence-corrected chi connectivity index (χ3v) is 5.53. The van der Waals surface area contributed by atoms with Crippen molar-refractivity contribution in [1.29, 1.82) is 0 Å². The van der Waals surface area contributed by atoms with Gasteiger partial charge in [-0.05, 0) is 69.9 Å². The number of hydrogen-bond acceptors (Lipinski definition) is 3. The molecule has 0 radical (unpaired) electrons. The molecule has 2 heterocycles. The summed E-state index contributed by atoms with van der Waals surface area (Å²) in [6, 6.07) is 13.7. The molecule has 27 heavy (non-hydrogen) atoms. The van der Waals surface area contributed by atoms with Gasteiger partial charge in [-0.2, -0.15) is 0 Å². The number of ether oxygens (including phenoxy) is 1. The van der Waals surface area contributed by atoms with Crippen LogP contribution in [0.5, 0.6) is 5.75 Å². The third kappa shape index (κ3) is 2.86. The summed E-state index contributed by atoms with van der Waals surface area (Å²) in [5.74, 6) is -0.0695. The fraction of sp³-hybridized carbons (Fsp3) is 0.143. The average Bonchev–Trinajstić information content (AvgIpc) is 3.17. The van der Waals surface area contributed by atoms with Crippen molar-refractivity contribution in [1.82, 2.24) is 10.3 Å². The van der Waals surface area contributed by atoms with Crippen molar-refractivity contribution in [3.05, 3.63) is 58.1 Å². The van der Waals surface area contributed by atoms with Crippen molar-refractivity contribution in [2.24, 2.45) is 0 Å². The lowest BCUT2D eigenvalue weighted by atomic mass is 9.97. The second-order valence-electron chi connectivity index (χ2n) is 6.31.